The van der Waals surface area contributed by atoms with Gasteiger partial charge >= 0.3 is 0 Å². The van der Waals surface area contributed by atoms with E-state index < -0.39 is 17.2 Å². The second kappa shape index (κ2) is 3.33. The molecule has 1 amide bonds. The molecule has 0 aliphatic carbocycles. The minimum Gasteiger partial charge on any atom is -0.763 e. The van der Waals surface area contributed by atoms with Crippen LogP contribution in [0.1, 0.15) is 13.8 Å². The Hall–Kier alpha value is -1.50. The van der Waals surface area contributed by atoms with E-state index in [0.29, 0.717) is 5.57 Å². The number of carbonyl (C=O) groups is 1. The monoisotopic (exact) mass is 206 g/mol. The largest absolute Gasteiger partial charge is 0.763 e. The Bertz CT molecular complexity index is 399. The molecule has 1 rings (SSSR count). The molecule has 72 valence electrons. The molecule has 1 saturated heterocycles. The molecule has 0 unspecified atom stereocenters. The van der Waals surface area contributed by atoms with Crippen LogP contribution in [-0.4, -0.2) is 16.8 Å². The first-order valence-corrected chi connectivity index (χ1v) is 4.38. The van der Waals surface area contributed by atoms with E-state index in [1.165, 1.54) is 0 Å². The molecule has 0 spiro atoms. The zero-order valence-corrected chi connectivity index (χ0v) is 8.60. The number of rotatable bonds is 0. The first kappa shape index (κ1) is 10.6. The van der Waals surface area contributed by atoms with Gasteiger partial charge < -0.3 is 10.7 Å². The Kier molecular flexibility index (Phi) is 2.52. The molecule has 4 nitrogen and oxygen atoms in total. The summed E-state index contributed by atoms with van der Waals surface area (Å²) in [7, 11) is 0. The van der Waals surface area contributed by atoms with Gasteiger partial charge in [-0.25, -0.2) is 0 Å². The SMILES string of the molecule is CC1(C)C(=C=[N-])C(=S)NC(=O)[C@@H]1C#N. The van der Waals surface area contributed by atoms with Gasteiger partial charge in [0.15, 0.2) is 0 Å². The van der Waals surface area contributed by atoms with Gasteiger partial charge in [0.2, 0.25) is 5.91 Å². The summed E-state index contributed by atoms with van der Waals surface area (Å²) < 4.78 is 0. The summed E-state index contributed by atoms with van der Waals surface area (Å²) in [4.78, 5) is 11.5. The molecule has 0 saturated carbocycles. The smallest absolute Gasteiger partial charge is 0.243 e. The molecular weight excluding hydrogens is 198 g/mol. The van der Waals surface area contributed by atoms with E-state index in [4.69, 9.17) is 22.9 Å². The summed E-state index contributed by atoms with van der Waals surface area (Å²) in [6.07, 6.45) is 0. The third-order valence-corrected chi connectivity index (χ3v) is 2.64. The summed E-state index contributed by atoms with van der Waals surface area (Å²) in [6.45, 7) is 3.34. The Morgan fingerprint density at radius 1 is 1.64 bits per heavy atom. The van der Waals surface area contributed by atoms with Crippen LogP contribution in [0.15, 0.2) is 5.57 Å². The normalized spacial score (nSPS) is 24.9. The van der Waals surface area contributed by atoms with E-state index in [9.17, 15) is 4.79 Å². The number of nitriles is 1. The standard InChI is InChI=1S/C9H8N3OS/c1-9(2)5(3-10)7(13)12-8(14)6(9)4-11/h5H,1-2H3,(H,12,13,14)/q-1/t5-/m0/s1. The topological polar surface area (TPSA) is 75.2 Å². The van der Waals surface area contributed by atoms with Crippen molar-refractivity contribution in [3.8, 4) is 6.07 Å². The summed E-state index contributed by atoms with van der Waals surface area (Å²) in [5, 5.41) is 20.0. The Labute approximate surface area is 87.1 Å². The van der Waals surface area contributed by atoms with Gasteiger partial charge in [0, 0.05) is 11.0 Å². The molecule has 1 aliphatic heterocycles. The van der Waals surface area contributed by atoms with Crippen molar-refractivity contribution < 1.29 is 4.79 Å². The van der Waals surface area contributed by atoms with E-state index >= 15 is 0 Å². The predicted molar refractivity (Wildman–Crippen MR) is 55.5 cm³/mol. The summed E-state index contributed by atoms with van der Waals surface area (Å²) in [5.74, 6) is 0.652. The average molecular weight is 206 g/mol. The lowest BCUT2D eigenvalue weighted by Crippen LogP contribution is -2.50. The molecule has 0 radical (unpaired) electrons. The maximum absolute atomic E-state index is 11.4. The van der Waals surface area contributed by atoms with Crippen LogP contribution in [0, 0.1) is 22.7 Å². The van der Waals surface area contributed by atoms with Gasteiger partial charge in [-0.05, 0) is 0 Å². The number of thiocarbonyl (C=S) groups is 1. The second-order valence-corrected chi connectivity index (χ2v) is 4.00. The van der Waals surface area contributed by atoms with Crippen molar-refractivity contribution >= 4 is 29.0 Å². The van der Waals surface area contributed by atoms with Crippen molar-refractivity contribution in [3.63, 3.8) is 0 Å². The van der Waals surface area contributed by atoms with E-state index in [1.807, 2.05) is 11.9 Å². The van der Waals surface area contributed by atoms with E-state index in [-0.39, 0.29) is 4.99 Å². The van der Waals surface area contributed by atoms with Crippen LogP contribution in [0.3, 0.4) is 0 Å². The minimum absolute atomic E-state index is 0.133. The second-order valence-electron chi connectivity index (χ2n) is 3.59. The van der Waals surface area contributed by atoms with Crippen LogP contribution in [0.5, 0.6) is 0 Å². The van der Waals surface area contributed by atoms with Gasteiger partial charge in [0.1, 0.15) is 10.9 Å². The fourth-order valence-electron chi connectivity index (χ4n) is 1.43. The maximum atomic E-state index is 11.4. The quantitative estimate of drug-likeness (QED) is 0.361. The molecule has 1 N–H and O–H groups in total. The summed E-state index contributed by atoms with van der Waals surface area (Å²) in [5.41, 5.74) is -0.512. The molecule has 1 aliphatic rings. The zero-order valence-electron chi connectivity index (χ0n) is 7.79. The van der Waals surface area contributed by atoms with Crippen LogP contribution in [0.4, 0.5) is 0 Å². The van der Waals surface area contributed by atoms with Crippen LogP contribution in [-0.2, 0) is 4.79 Å². The Balaban J connectivity index is 3.30. The molecule has 0 aromatic heterocycles. The van der Waals surface area contributed by atoms with Crippen molar-refractivity contribution in [2.45, 2.75) is 13.8 Å². The lowest BCUT2D eigenvalue weighted by atomic mass is 9.71. The molecule has 5 heteroatoms. The zero-order chi connectivity index (χ0) is 10.9. The number of hydrogen-bond donors (Lipinski definition) is 1. The van der Waals surface area contributed by atoms with Gasteiger partial charge in [-0.2, -0.15) is 5.26 Å². The van der Waals surface area contributed by atoms with Crippen molar-refractivity contribution in [2.24, 2.45) is 11.3 Å². The minimum atomic E-state index is -0.858. The molecular formula is C9H8N3OS-. The fraction of sp³-hybridized carbons (Fsp3) is 0.444. The van der Waals surface area contributed by atoms with Gasteiger partial charge in [-0.1, -0.05) is 26.1 Å². The highest BCUT2D eigenvalue weighted by Gasteiger charge is 2.44. The van der Waals surface area contributed by atoms with Crippen LogP contribution in [0.2, 0.25) is 0 Å². The third-order valence-electron chi connectivity index (χ3n) is 2.33. The molecule has 1 fully saturated rings. The van der Waals surface area contributed by atoms with Crippen molar-refractivity contribution in [1.82, 2.24) is 5.32 Å². The summed E-state index contributed by atoms with van der Waals surface area (Å²) >= 11 is 4.85. The van der Waals surface area contributed by atoms with Crippen LogP contribution < -0.4 is 5.32 Å². The first-order valence-electron chi connectivity index (χ1n) is 3.97. The highest BCUT2D eigenvalue weighted by Crippen LogP contribution is 2.36. The summed E-state index contributed by atoms with van der Waals surface area (Å²) in [6, 6.07) is 1.89. The van der Waals surface area contributed by atoms with Crippen LogP contribution >= 0.6 is 12.2 Å². The van der Waals surface area contributed by atoms with Gasteiger partial charge in [0.05, 0.1) is 6.07 Å². The van der Waals surface area contributed by atoms with Crippen molar-refractivity contribution in [2.75, 3.05) is 0 Å². The highest BCUT2D eigenvalue weighted by atomic mass is 32.1. The number of nitrogens with zero attached hydrogens (tertiary/aromatic N) is 2. The Morgan fingerprint density at radius 2 is 2.21 bits per heavy atom. The number of piperidine rings is 1. The van der Waals surface area contributed by atoms with Gasteiger partial charge in [0.25, 0.3) is 0 Å². The van der Waals surface area contributed by atoms with Crippen LogP contribution in [0.25, 0.3) is 5.41 Å². The Morgan fingerprint density at radius 3 is 2.64 bits per heavy atom. The predicted octanol–water partition coefficient (Wildman–Crippen LogP) is 0.775. The number of amides is 1. The molecule has 14 heavy (non-hydrogen) atoms. The van der Waals surface area contributed by atoms with E-state index in [2.05, 4.69) is 5.32 Å². The number of hydrogen-bond acceptors (Lipinski definition) is 3. The lowest BCUT2D eigenvalue weighted by Gasteiger charge is -2.36. The molecule has 1 atom stereocenters. The molecule has 0 bridgehead atoms. The maximum Gasteiger partial charge on any atom is 0.243 e. The van der Waals surface area contributed by atoms with E-state index in [1.54, 1.807) is 13.8 Å². The molecule has 0 aromatic carbocycles. The fourth-order valence-corrected chi connectivity index (χ4v) is 1.84. The molecule has 0 aromatic rings. The molecule has 1 heterocycles. The lowest BCUT2D eigenvalue weighted by molar-refractivity contribution is -0.124. The van der Waals surface area contributed by atoms with Gasteiger partial charge in [-0.15, -0.1) is 0 Å². The number of carbonyl (C=O) groups excluding carboxylic acids is 1. The highest BCUT2D eigenvalue weighted by molar-refractivity contribution is 7.80. The van der Waals surface area contributed by atoms with Crippen molar-refractivity contribution in [1.29, 1.82) is 5.26 Å². The third kappa shape index (κ3) is 1.35. The van der Waals surface area contributed by atoms with Gasteiger partial charge in [-0.3, -0.25) is 10.7 Å². The van der Waals surface area contributed by atoms with E-state index in [0.717, 1.165) is 0 Å². The van der Waals surface area contributed by atoms with Crippen molar-refractivity contribution in [3.05, 3.63) is 11.0 Å². The number of nitrogens with one attached hydrogen (secondary N) is 1. The first-order chi connectivity index (χ1) is 6.45. The average Bonchev–Trinajstić information content (AvgIpc) is 2.02.